The third-order valence-electron chi connectivity index (χ3n) is 5.32. The van der Waals surface area contributed by atoms with Crippen LogP contribution in [0.1, 0.15) is 39.0 Å². The summed E-state index contributed by atoms with van der Waals surface area (Å²) in [4.78, 5) is 32.2. The lowest BCUT2D eigenvalue weighted by atomic mass is 10.1. The molecule has 0 aliphatic heterocycles. The highest BCUT2D eigenvalue weighted by Gasteiger charge is 2.23. The number of carbonyl (C=O) groups is 2. The van der Waals surface area contributed by atoms with Crippen molar-refractivity contribution in [2.45, 2.75) is 33.4 Å². The average molecular weight is 483 g/mol. The first-order valence-corrected chi connectivity index (χ1v) is 12.3. The first-order chi connectivity index (χ1) is 16.5. The Bertz CT molecular complexity index is 1070. The van der Waals surface area contributed by atoms with Crippen molar-refractivity contribution in [2.75, 3.05) is 26.3 Å². The van der Waals surface area contributed by atoms with E-state index in [-0.39, 0.29) is 23.9 Å². The molecule has 2 aromatic carbocycles. The molecule has 0 saturated carbocycles. The highest BCUT2D eigenvalue weighted by Crippen LogP contribution is 2.19. The summed E-state index contributed by atoms with van der Waals surface area (Å²) in [5.74, 6) is -1.00. The lowest BCUT2D eigenvalue weighted by molar-refractivity contribution is -0.133. The van der Waals surface area contributed by atoms with Crippen molar-refractivity contribution in [3.8, 4) is 0 Å². The highest BCUT2D eigenvalue weighted by atomic mass is 32.1. The lowest BCUT2D eigenvalue weighted by Gasteiger charge is -2.28. The quantitative estimate of drug-likeness (QED) is 0.330. The van der Waals surface area contributed by atoms with Gasteiger partial charge in [0.1, 0.15) is 12.4 Å². The van der Waals surface area contributed by atoms with Crippen LogP contribution in [0, 0.1) is 12.7 Å². The Kier molecular flexibility index (Phi) is 9.79. The molecule has 0 N–H and O–H groups in total. The molecular formula is C27H31FN2O3S. The number of carbonyl (C=O) groups excluding carboxylic acids is 2. The fourth-order valence-electron chi connectivity index (χ4n) is 3.62. The molecule has 0 saturated heterocycles. The number of hydrogen-bond acceptors (Lipinski definition) is 4. The van der Waals surface area contributed by atoms with Crippen LogP contribution in [-0.2, 0) is 22.6 Å². The Morgan fingerprint density at radius 2 is 1.76 bits per heavy atom. The molecule has 0 aliphatic carbocycles. The predicted molar refractivity (Wildman–Crippen MR) is 133 cm³/mol. The summed E-state index contributed by atoms with van der Waals surface area (Å²) in [5.41, 5.74) is 1.25. The van der Waals surface area contributed by atoms with Crippen molar-refractivity contribution in [1.82, 2.24) is 9.80 Å². The van der Waals surface area contributed by atoms with Crippen LogP contribution >= 0.6 is 11.3 Å². The normalized spacial score (nSPS) is 10.8. The Morgan fingerprint density at radius 1 is 0.971 bits per heavy atom. The minimum Gasteiger partial charge on any atom is -0.382 e. The van der Waals surface area contributed by atoms with Gasteiger partial charge in [-0.15, -0.1) is 11.3 Å². The summed E-state index contributed by atoms with van der Waals surface area (Å²) in [5, 5.41) is 0. The second-order valence-corrected chi connectivity index (χ2v) is 9.41. The molecule has 0 atom stereocenters. The van der Waals surface area contributed by atoms with E-state index in [1.54, 1.807) is 22.3 Å². The van der Waals surface area contributed by atoms with Gasteiger partial charge < -0.3 is 14.5 Å². The molecule has 0 bridgehead atoms. The van der Waals surface area contributed by atoms with Crippen LogP contribution in [0.4, 0.5) is 4.39 Å². The Hall–Kier alpha value is -3.03. The Balaban J connectivity index is 1.79. The van der Waals surface area contributed by atoms with Gasteiger partial charge in [0.25, 0.3) is 5.91 Å². The van der Waals surface area contributed by atoms with Crippen LogP contribution in [0.5, 0.6) is 0 Å². The summed E-state index contributed by atoms with van der Waals surface area (Å²) in [6.45, 7) is 6.19. The minimum atomic E-state index is -0.481. The molecule has 0 spiro atoms. The van der Waals surface area contributed by atoms with E-state index in [9.17, 15) is 14.0 Å². The van der Waals surface area contributed by atoms with Gasteiger partial charge in [0.15, 0.2) is 0 Å². The molecule has 3 aromatic rings. The fraction of sp³-hybridized carbons (Fsp3) is 0.333. The average Bonchev–Trinajstić information content (AvgIpc) is 3.25. The van der Waals surface area contributed by atoms with Gasteiger partial charge in [-0.3, -0.25) is 9.59 Å². The van der Waals surface area contributed by atoms with Gasteiger partial charge in [-0.05, 0) is 56.2 Å². The Labute approximate surface area is 204 Å². The summed E-state index contributed by atoms with van der Waals surface area (Å²) in [6.07, 6.45) is 0.588. The second-order valence-electron chi connectivity index (χ2n) is 8.04. The van der Waals surface area contributed by atoms with E-state index in [1.165, 1.54) is 28.0 Å². The standard InChI is InChI=1S/C27H31FN2O3S/c1-3-33-16-8-15-29(27(32)23-11-7-12-24(28)17-23)20-26(31)30(18-22-9-5-4-6-10-22)19-25-14-13-21(2)34-25/h4-7,9-14,17H,3,8,15-16,18-20H2,1-2H3. The van der Waals surface area contributed by atoms with E-state index in [0.717, 1.165) is 10.4 Å². The topological polar surface area (TPSA) is 49.9 Å². The smallest absolute Gasteiger partial charge is 0.254 e. The molecule has 3 rings (SSSR count). The summed E-state index contributed by atoms with van der Waals surface area (Å²) in [7, 11) is 0. The van der Waals surface area contributed by atoms with E-state index in [1.807, 2.05) is 56.3 Å². The molecule has 34 heavy (non-hydrogen) atoms. The maximum atomic E-state index is 13.8. The summed E-state index contributed by atoms with van der Waals surface area (Å²) < 4.78 is 19.2. The number of halogens is 1. The number of hydrogen-bond donors (Lipinski definition) is 0. The van der Waals surface area contributed by atoms with Crippen LogP contribution in [0.15, 0.2) is 66.7 Å². The molecule has 1 heterocycles. The van der Waals surface area contributed by atoms with Gasteiger partial charge in [0.05, 0.1) is 6.54 Å². The van der Waals surface area contributed by atoms with Gasteiger partial charge >= 0.3 is 0 Å². The Morgan fingerprint density at radius 3 is 2.44 bits per heavy atom. The van der Waals surface area contributed by atoms with E-state index >= 15 is 0 Å². The van der Waals surface area contributed by atoms with Gasteiger partial charge in [0.2, 0.25) is 5.91 Å². The zero-order valence-corrected chi connectivity index (χ0v) is 20.5. The van der Waals surface area contributed by atoms with Crippen molar-refractivity contribution in [1.29, 1.82) is 0 Å². The van der Waals surface area contributed by atoms with Crippen LogP contribution < -0.4 is 0 Å². The van der Waals surface area contributed by atoms with E-state index in [2.05, 4.69) is 0 Å². The number of rotatable bonds is 12. The minimum absolute atomic E-state index is 0.0847. The SMILES string of the molecule is CCOCCCN(CC(=O)N(Cc1ccccc1)Cc1ccc(C)s1)C(=O)c1cccc(F)c1. The molecular weight excluding hydrogens is 451 g/mol. The van der Waals surface area contributed by atoms with Gasteiger partial charge in [-0.25, -0.2) is 4.39 Å². The van der Waals surface area contributed by atoms with E-state index in [0.29, 0.717) is 39.3 Å². The molecule has 180 valence electrons. The van der Waals surface area contributed by atoms with E-state index < -0.39 is 5.82 Å². The molecule has 7 heteroatoms. The highest BCUT2D eigenvalue weighted by molar-refractivity contribution is 7.11. The lowest BCUT2D eigenvalue weighted by Crippen LogP contribution is -2.43. The molecule has 0 fully saturated rings. The number of nitrogens with zero attached hydrogens (tertiary/aromatic N) is 2. The number of benzene rings is 2. The van der Waals surface area contributed by atoms with Crippen molar-refractivity contribution < 1.29 is 18.7 Å². The predicted octanol–water partition coefficient (Wildman–Crippen LogP) is 5.29. The van der Waals surface area contributed by atoms with Crippen LogP contribution in [-0.4, -0.2) is 47.9 Å². The van der Waals surface area contributed by atoms with Crippen LogP contribution in [0.2, 0.25) is 0 Å². The monoisotopic (exact) mass is 482 g/mol. The molecule has 0 unspecified atom stereocenters. The fourth-order valence-corrected chi connectivity index (χ4v) is 4.52. The first kappa shape index (κ1) is 25.6. The largest absolute Gasteiger partial charge is 0.382 e. The van der Waals surface area contributed by atoms with Crippen molar-refractivity contribution in [3.05, 3.63) is 93.4 Å². The molecule has 0 aliphatic rings. The van der Waals surface area contributed by atoms with E-state index in [4.69, 9.17) is 4.74 Å². The van der Waals surface area contributed by atoms with Crippen LogP contribution in [0.25, 0.3) is 0 Å². The third-order valence-corrected chi connectivity index (χ3v) is 6.30. The molecule has 2 amide bonds. The first-order valence-electron chi connectivity index (χ1n) is 11.5. The number of thiophene rings is 1. The van der Waals surface area contributed by atoms with Gasteiger partial charge in [0, 0.05) is 41.6 Å². The molecule has 0 radical (unpaired) electrons. The van der Waals surface area contributed by atoms with Crippen molar-refractivity contribution in [3.63, 3.8) is 0 Å². The van der Waals surface area contributed by atoms with Crippen molar-refractivity contribution >= 4 is 23.2 Å². The zero-order valence-electron chi connectivity index (χ0n) is 19.7. The van der Waals surface area contributed by atoms with Crippen molar-refractivity contribution in [2.24, 2.45) is 0 Å². The number of aryl methyl sites for hydroxylation is 1. The van der Waals surface area contributed by atoms with Gasteiger partial charge in [-0.1, -0.05) is 36.4 Å². The zero-order chi connectivity index (χ0) is 24.3. The summed E-state index contributed by atoms with van der Waals surface area (Å²) >= 11 is 1.65. The molecule has 5 nitrogen and oxygen atoms in total. The maximum absolute atomic E-state index is 13.8. The number of ether oxygens (including phenoxy) is 1. The van der Waals surface area contributed by atoms with Crippen LogP contribution in [0.3, 0.4) is 0 Å². The number of amides is 2. The second kappa shape index (κ2) is 13.0. The van der Waals surface area contributed by atoms with Gasteiger partial charge in [-0.2, -0.15) is 0 Å². The third kappa shape index (κ3) is 7.78. The molecule has 1 aromatic heterocycles. The maximum Gasteiger partial charge on any atom is 0.254 e. The summed E-state index contributed by atoms with van der Waals surface area (Å²) in [6, 6.07) is 19.4.